The number of hydrogen-bond donors (Lipinski definition) is 0. The van der Waals surface area contributed by atoms with Crippen LogP contribution in [0.3, 0.4) is 0 Å². The highest BCUT2D eigenvalue weighted by Crippen LogP contribution is 2.32. The van der Waals surface area contributed by atoms with E-state index in [1.165, 1.54) is 22.5 Å². The topological polar surface area (TPSA) is 74.8 Å². The van der Waals surface area contributed by atoms with Gasteiger partial charge in [0.1, 0.15) is 5.75 Å². The van der Waals surface area contributed by atoms with Gasteiger partial charge in [-0.05, 0) is 95.0 Å². The van der Waals surface area contributed by atoms with Crippen molar-refractivity contribution in [3.05, 3.63) is 113 Å². The number of aryl methyl sites for hydroxylation is 3. The third-order valence-electron chi connectivity index (χ3n) is 7.44. The third kappa shape index (κ3) is 5.08. The summed E-state index contributed by atoms with van der Waals surface area (Å²) in [5, 5.41) is 0. The van der Waals surface area contributed by atoms with E-state index in [1.54, 1.807) is 18.4 Å². The van der Waals surface area contributed by atoms with E-state index in [4.69, 9.17) is 14.5 Å². The van der Waals surface area contributed by atoms with E-state index >= 15 is 0 Å². The molecule has 0 spiro atoms. The Balaban J connectivity index is 1.69. The Morgan fingerprint density at radius 1 is 1.00 bits per heavy atom. The molecule has 7 nitrogen and oxygen atoms in total. The predicted molar refractivity (Wildman–Crippen MR) is 163 cm³/mol. The zero-order valence-electron chi connectivity index (χ0n) is 24.6. The maximum Gasteiger partial charge on any atom is 0.338 e. The van der Waals surface area contributed by atoms with E-state index in [-0.39, 0.29) is 12.2 Å². The minimum Gasteiger partial charge on any atom is -0.494 e. The summed E-state index contributed by atoms with van der Waals surface area (Å²) in [6, 6.07) is 15.2. The van der Waals surface area contributed by atoms with Gasteiger partial charge in [0.05, 0.1) is 40.7 Å². The SMILES string of the molecule is CCOC(=O)C1=C(C)N=c2s/c(=C\c3cc(C)n(-c4c(C)cccc4C)c3C)c(=O)n2C1c1ccc(OCC)cc1. The standard InChI is InChI=1S/C33H35N3O4S/c1-8-39-26-15-13-24(14-16-26)30-28(32(38)40-9-2)22(6)34-33-36(30)31(37)27(41-33)18-25-17-21(5)35(23(25)7)29-19(3)11-10-12-20(29)4/h10-18,30H,8-9H2,1-7H3/b27-18-. The van der Waals surface area contributed by atoms with Gasteiger partial charge in [-0.2, -0.15) is 0 Å². The van der Waals surface area contributed by atoms with E-state index in [9.17, 15) is 9.59 Å². The Labute approximate surface area is 243 Å². The minimum absolute atomic E-state index is 0.196. The number of carbonyl (C=O) groups is 1. The number of aromatic nitrogens is 2. The normalized spacial score (nSPS) is 15.1. The second-order valence-electron chi connectivity index (χ2n) is 10.2. The average molecular weight is 570 g/mol. The number of para-hydroxylation sites is 1. The van der Waals surface area contributed by atoms with E-state index in [1.807, 2.05) is 37.3 Å². The van der Waals surface area contributed by atoms with Crippen molar-refractivity contribution in [1.29, 1.82) is 0 Å². The van der Waals surface area contributed by atoms with Gasteiger partial charge in [0, 0.05) is 11.4 Å². The molecular weight excluding hydrogens is 534 g/mol. The molecule has 1 atom stereocenters. The monoisotopic (exact) mass is 569 g/mol. The van der Waals surface area contributed by atoms with Crippen LogP contribution in [0.25, 0.3) is 11.8 Å². The fourth-order valence-corrected chi connectivity index (χ4v) is 6.63. The van der Waals surface area contributed by atoms with Crippen molar-refractivity contribution < 1.29 is 14.3 Å². The largest absolute Gasteiger partial charge is 0.494 e. The fraction of sp³-hybridized carbons (Fsp3) is 0.303. The number of esters is 1. The van der Waals surface area contributed by atoms with Gasteiger partial charge in [-0.25, -0.2) is 9.79 Å². The fourth-order valence-electron chi connectivity index (χ4n) is 5.60. The van der Waals surface area contributed by atoms with Crippen LogP contribution in [0.1, 0.15) is 60.5 Å². The molecule has 0 aliphatic carbocycles. The Kier molecular flexibility index (Phi) is 7.87. The number of hydrogen-bond acceptors (Lipinski definition) is 6. The summed E-state index contributed by atoms with van der Waals surface area (Å²) in [7, 11) is 0. The van der Waals surface area contributed by atoms with Gasteiger partial charge in [-0.15, -0.1) is 0 Å². The molecule has 0 fully saturated rings. The summed E-state index contributed by atoms with van der Waals surface area (Å²) in [6.07, 6.45) is 1.94. The first kappa shape index (κ1) is 28.4. The highest BCUT2D eigenvalue weighted by atomic mass is 32.1. The van der Waals surface area contributed by atoms with E-state index in [0.717, 1.165) is 34.0 Å². The molecule has 2 aromatic carbocycles. The smallest absolute Gasteiger partial charge is 0.338 e. The molecule has 0 N–H and O–H groups in total. The number of allylic oxidation sites excluding steroid dienone is 1. The van der Waals surface area contributed by atoms with Gasteiger partial charge in [0.2, 0.25) is 0 Å². The van der Waals surface area contributed by atoms with Crippen LogP contribution in [0.4, 0.5) is 0 Å². The Morgan fingerprint density at radius 3 is 2.32 bits per heavy atom. The molecule has 0 saturated heterocycles. The second kappa shape index (κ2) is 11.4. The Hall–Kier alpha value is -4.17. The van der Waals surface area contributed by atoms with Crippen LogP contribution >= 0.6 is 11.3 Å². The van der Waals surface area contributed by atoms with Gasteiger partial charge in [-0.3, -0.25) is 9.36 Å². The van der Waals surface area contributed by atoms with Crippen molar-refractivity contribution >= 4 is 23.4 Å². The highest BCUT2D eigenvalue weighted by molar-refractivity contribution is 7.07. The van der Waals surface area contributed by atoms with E-state index in [2.05, 4.69) is 56.5 Å². The molecular formula is C33H35N3O4S. The lowest BCUT2D eigenvalue weighted by atomic mass is 9.96. The van der Waals surface area contributed by atoms with Crippen LogP contribution in [-0.2, 0) is 9.53 Å². The molecule has 8 heteroatoms. The number of nitrogens with zero attached hydrogens (tertiary/aromatic N) is 3. The lowest BCUT2D eigenvalue weighted by molar-refractivity contribution is -0.139. The van der Waals surface area contributed by atoms with Crippen molar-refractivity contribution in [3.8, 4) is 11.4 Å². The number of carbonyl (C=O) groups excluding carboxylic acids is 1. The average Bonchev–Trinajstić information content (AvgIpc) is 3.38. The molecule has 0 bridgehead atoms. The maximum absolute atomic E-state index is 14.1. The minimum atomic E-state index is -0.662. The summed E-state index contributed by atoms with van der Waals surface area (Å²) in [4.78, 5) is 32.5. The van der Waals surface area contributed by atoms with Crippen LogP contribution in [0.15, 0.2) is 69.6 Å². The van der Waals surface area contributed by atoms with Crippen LogP contribution in [0.2, 0.25) is 0 Å². The van der Waals surface area contributed by atoms with Crippen LogP contribution in [0.5, 0.6) is 5.75 Å². The highest BCUT2D eigenvalue weighted by Gasteiger charge is 2.33. The van der Waals surface area contributed by atoms with Gasteiger partial charge in [-0.1, -0.05) is 41.7 Å². The van der Waals surface area contributed by atoms with Gasteiger partial charge >= 0.3 is 5.97 Å². The summed E-state index contributed by atoms with van der Waals surface area (Å²) in [6.45, 7) is 14.7. The first-order valence-corrected chi connectivity index (χ1v) is 14.7. The zero-order valence-corrected chi connectivity index (χ0v) is 25.4. The van der Waals surface area contributed by atoms with Crippen LogP contribution in [-0.4, -0.2) is 28.3 Å². The molecule has 5 rings (SSSR count). The molecule has 41 heavy (non-hydrogen) atoms. The van der Waals surface area contributed by atoms with Gasteiger partial charge in [0.25, 0.3) is 5.56 Å². The molecule has 3 heterocycles. The molecule has 1 aliphatic rings. The third-order valence-corrected chi connectivity index (χ3v) is 8.43. The van der Waals surface area contributed by atoms with Crippen molar-refractivity contribution in [3.63, 3.8) is 0 Å². The first-order valence-electron chi connectivity index (χ1n) is 13.8. The lowest BCUT2D eigenvalue weighted by Crippen LogP contribution is -2.39. The molecule has 0 radical (unpaired) electrons. The summed E-state index contributed by atoms with van der Waals surface area (Å²) in [5.41, 5.74) is 8.15. The molecule has 4 aromatic rings. The summed E-state index contributed by atoms with van der Waals surface area (Å²) < 4.78 is 15.5. The van der Waals surface area contributed by atoms with Crippen molar-refractivity contribution in [1.82, 2.24) is 9.13 Å². The molecule has 1 aliphatic heterocycles. The van der Waals surface area contributed by atoms with Crippen LogP contribution < -0.4 is 19.6 Å². The second-order valence-corrected chi connectivity index (χ2v) is 11.2. The quantitative estimate of drug-likeness (QED) is 0.286. The molecule has 2 aromatic heterocycles. The Morgan fingerprint density at radius 2 is 1.68 bits per heavy atom. The zero-order chi connectivity index (χ0) is 29.4. The first-order chi connectivity index (χ1) is 19.7. The number of rotatable bonds is 7. The number of benzene rings is 2. The number of ether oxygens (including phenoxy) is 2. The molecule has 0 saturated carbocycles. The lowest BCUT2D eigenvalue weighted by Gasteiger charge is -2.24. The maximum atomic E-state index is 14.1. The summed E-state index contributed by atoms with van der Waals surface area (Å²) >= 11 is 1.33. The molecule has 212 valence electrons. The molecule has 0 amide bonds. The van der Waals surface area contributed by atoms with E-state index in [0.29, 0.717) is 27.2 Å². The van der Waals surface area contributed by atoms with Crippen molar-refractivity contribution in [2.24, 2.45) is 4.99 Å². The van der Waals surface area contributed by atoms with Gasteiger partial charge < -0.3 is 14.0 Å². The van der Waals surface area contributed by atoms with E-state index < -0.39 is 12.0 Å². The van der Waals surface area contributed by atoms with Crippen LogP contribution in [0, 0.1) is 27.7 Å². The summed E-state index contributed by atoms with van der Waals surface area (Å²) in [5.74, 6) is 0.250. The number of thiazole rings is 1. The van der Waals surface area contributed by atoms with Gasteiger partial charge in [0.15, 0.2) is 4.80 Å². The molecule has 1 unspecified atom stereocenters. The predicted octanol–water partition coefficient (Wildman–Crippen LogP) is 5.22. The number of fused-ring (bicyclic) bond motifs is 1. The van der Waals surface area contributed by atoms with Crippen molar-refractivity contribution in [2.45, 2.75) is 54.5 Å². The Bertz CT molecular complexity index is 1840. The van der Waals surface area contributed by atoms with Crippen molar-refractivity contribution in [2.75, 3.05) is 13.2 Å².